The minimum absolute atomic E-state index is 0.363. The largest absolute Gasteiger partial charge is 0.313 e. The predicted octanol–water partition coefficient (Wildman–Crippen LogP) is 4.44. The van der Waals surface area contributed by atoms with Crippen LogP contribution in [-0.4, -0.2) is 7.05 Å². The van der Waals surface area contributed by atoms with Gasteiger partial charge in [0, 0.05) is 16.7 Å². The van der Waals surface area contributed by atoms with Crippen LogP contribution in [0.5, 0.6) is 0 Å². The Balaban J connectivity index is 2.08. The van der Waals surface area contributed by atoms with Gasteiger partial charge in [0.2, 0.25) is 0 Å². The molecule has 2 aromatic rings. The smallest absolute Gasteiger partial charge is 0.0991 e. The molecule has 2 rings (SSSR count). The van der Waals surface area contributed by atoms with E-state index >= 15 is 0 Å². The number of nitrogens with one attached hydrogen (secondary N) is 1. The monoisotopic (exact) mass is 296 g/mol. The first kappa shape index (κ1) is 15.6. The van der Waals surface area contributed by atoms with Gasteiger partial charge in [-0.2, -0.15) is 5.26 Å². The molecule has 0 amide bonds. The number of thioether (sulfide) groups is 1. The summed E-state index contributed by atoms with van der Waals surface area (Å²) in [6, 6.07) is 17.1. The van der Waals surface area contributed by atoms with Crippen molar-refractivity contribution < 1.29 is 0 Å². The van der Waals surface area contributed by atoms with E-state index in [-0.39, 0.29) is 0 Å². The van der Waals surface area contributed by atoms with E-state index in [2.05, 4.69) is 55.6 Å². The van der Waals surface area contributed by atoms with Crippen molar-refractivity contribution in [1.82, 2.24) is 5.32 Å². The van der Waals surface area contributed by atoms with Crippen molar-refractivity contribution in [2.24, 2.45) is 0 Å². The molecule has 0 bridgehead atoms. The standard InChI is InChI=1S/C18H20N2S/c1-13-9-15(11-19)7-8-17(13)12-21-18-6-4-5-16(10-18)14(2)20-3/h4-10,14,20H,12H2,1-3H3. The van der Waals surface area contributed by atoms with Gasteiger partial charge < -0.3 is 5.32 Å². The molecule has 1 unspecified atom stereocenters. The lowest BCUT2D eigenvalue weighted by Gasteiger charge is -2.12. The second-order valence-corrected chi connectivity index (χ2v) is 6.17. The Kier molecular flexibility index (Phi) is 5.44. The Morgan fingerprint density at radius 1 is 1.24 bits per heavy atom. The van der Waals surface area contributed by atoms with Crippen molar-refractivity contribution in [3.8, 4) is 6.07 Å². The molecule has 2 nitrogen and oxygen atoms in total. The third-order valence-electron chi connectivity index (χ3n) is 3.66. The lowest BCUT2D eigenvalue weighted by Crippen LogP contribution is -2.11. The summed E-state index contributed by atoms with van der Waals surface area (Å²) >= 11 is 1.83. The van der Waals surface area contributed by atoms with Gasteiger partial charge in [0.05, 0.1) is 11.6 Å². The fourth-order valence-corrected chi connectivity index (χ4v) is 3.17. The van der Waals surface area contributed by atoms with Crippen LogP contribution >= 0.6 is 11.8 Å². The number of benzene rings is 2. The molecule has 0 aliphatic carbocycles. The highest BCUT2D eigenvalue weighted by Crippen LogP contribution is 2.27. The summed E-state index contributed by atoms with van der Waals surface area (Å²) < 4.78 is 0. The predicted molar refractivity (Wildman–Crippen MR) is 89.4 cm³/mol. The van der Waals surface area contributed by atoms with Crippen LogP contribution in [0.3, 0.4) is 0 Å². The topological polar surface area (TPSA) is 35.8 Å². The van der Waals surface area contributed by atoms with Crippen molar-refractivity contribution in [3.63, 3.8) is 0 Å². The molecule has 0 fully saturated rings. The fourth-order valence-electron chi connectivity index (χ4n) is 2.13. The summed E-state index contributed by atoms with van der Waals surface area (Å²) in [4.78, 5) is 1.28. The van der Waals surface area contributed by atoms with Gasteiger partial charge in [0.25, 0.3) is 0 Å². The van der Waals surface area contributed by atoms with Gasteiger partial charge in [0.1, 0.15) is 0 Å². The van der Waals surface area contributed by atoms with E-state index in [4.69, 9.17) is 5.26 Å². The summed E-state index contributed by atoms with van der Waals surface area (Å²) in [5.74, 6) is 0.926. The molecule has 1 atom stereocenters. The van der Waals surface area contributed by atoms with Crippen molar-refractivity contribution in [3.05, 3.63) is 64.7 Å². The zero-order valence-electron chi connectivity index (χ0n) is 12.7. The van der Waals surface area contributed by atoms with Crippen LogP contribution in [0.25, 0.3) is 0 Å². The molecule has 0 aliphatic rings. The maximum atomic E-state index is 8.91. The average Bonchev–Trinajstić information content (AvgIpc) is 2.53. The van der Waals surface area contributed by atoms with Crippen molar-refractivity contribution in [2.45, 2.75) is 30.5 Å². The number of rotatable bonds is 5. The zero-order valence-corrected chi connectivity index (χ0v) is 13.5. The number of hydrogen-bond donors (Lipinski definition) is 1. The van der Waals surface area contributed by atoms with Crippen molar-refractivity contribution >= 4 is 11.8 Å². The molecule has 2 aromatic carbocycles. The fraction of sp³-hybridized carbons (Fsp3) is 0.278. The molecule has 1 N–H and O–H groups in total. The lowest BCUT2D eigenvalue weighted by molar-refractivity contribution is 0.651. The molecule has 21 heavy (non-hydrogen) atoms. The normalized spacial score (nSPS) is 11.9. The highest BCUT2D eigenvalue weighted by Gasteiger charge is 2.05. The van der Waals surface area contributed by atoms with Crippen molar-refractivity contribution in [1.29, 1.82) is 5.26 Å². The second kappa shape index (κ2) is 7.31. The van der Waals surface area contributed by atoms with Gasteiger partial charge in [-0.15, -0.1) is 11.8 Å². The Hall–Kier alpha value is -1.76. The molecule has 0 spiro atoms. The van der Waals surface area contributed by atoms with E-state index in [0.29, 0.717) is 6.04 Å². The van der Waals surface area contributed by atoms with Gasteiger partial charge in [-0.1, -0.05) is 18.2 Å². The molecular weight excluding hydrogens is 276 g/mol. The zero-order chi connectivity index (χ0) is 15.2. The van der Waals surface area contributed by atoms with E-state index in [1.54, 1.807) is 0 Å². The number of nitriles is 1. The van der Waals surface area contributed by atoms with Crippen LogP contribution in [0.15, 0.2) is 47.4 Å². The van der Waals surface area contributed by atoms with Gasteiger partial charge in [-0.25, -0.2) is 0 Å². The first-order chi connectivity index (χ1) is 10.1. The molecule has 0 heterocycles. The number of nitrogens with zero attached hydrogens (tertiary/aromatic N) is 1. The Morgan fingerprint density at radius 2 is 2.05 bits per heavy atom. The van der Waals surface area contributed by atoms with Crippen LogP contribution in [0.4, 0.5) is 0 Å². The second-order valence-electron chi connectivity index (χ2n) is 5.12. The molecule has 3 heteroatoms. The first-order valence-corrected chi connectivity index (χ1v) is 8.02. The van der Waals surface area contributed by atoms with E-state index in [0.717, 1.165) is 11.3 Å². The summed E-state index contributed by atoms with van der Waals surface area (Å²) in [5, 5.41) is 12.2. The molecular formula is C18H20N2S. The molecule has 0 aliphatic heterocycles. The van der Waals surface area contributed by atoms with Crippen LogP contribution in [0, 0.1) is 18.3 Å². The quantitative estimate of drug-likeness (QED) is 0.829. The minimum Gasteiger partial charge on any atom is -0.313 e. The summed E-state index contributed by atoms with van der Waals surface area (Å²) in [6.07, 6.45) is 0. The van der Waals surface area contributed by atoms with Crippen molar-refractivity contribution in [2.75, 3.05) is 7.05 Å². The van der Waals surface area contributed by atoms with Gasteiger partial charge in [-0.05, 0) is 61.9 Å². The van der Waals surface area contributed by atoms with Gasteiger partial charge in [0.15, 0.2) is 0 Å². The Bertz CT molecular complexity index is 659. The highest BCUT2D eigenvalue weighted by atomic mass is 32.2. The average molecular weight is 296 g/mol. The lowest BCUT2D eigenvalue weighted by atomic mass is 10.1. The number of hydrogen-bond acceptors (Lipinski definition) is 3. The first-order valence-electron chi connectivity index (χ1n) is 7.03. The van der Waals surface area contributed by atoms with E-state index in [9.17, 15) is 0 Å². The molecule has 0 saturated carbocycles. The minimum atomic E-state index is 0.363. The molecule has 108 valence electrons. The molecule has 0 aromatic heterocycles. The third kappa shape index (κ3) is 4.10. The molecule has 0 saturated heterocycles. The highest BCUT2D eigenvalue weighted by molar-refractivity contribution is 7.98. The van der Waals surface area contributed by atoms with E-state index in [1.165, 1.54) is 21.6 Å². The van der Waals surface area contributed by atoms with E-state index < -0.39 is 0 Å². The third-order valence-corrected chi connectivity index (χ3v) is 4.70. The summed E-state index contributed by atoms with van der Waals surface area (Å²) in [7, 11) is 1.98. The Morgan fingerprint density at radius 3 is 2.71 bits per heavy atom. The van der Waals surface area contributed by atoms with Crippen LogP contribution in [0.1, 0.15) is 35.2 Å². The maximum absolute atomic E-state index is 8.91. The molecule has 0 radical (unpaired) electrons. The van der Waals surface area contributed by atoms with Gasteiger partial charge in [-0.3, -0.25) is 0 Å². The number of aryl methyl sites for hydroxylation is 1. The van der Waals surface area contributed by atoms with E-state index in [1.807, 2.05) is 30.9 Å². The van der Waals surface area contributed by atoms with Crippen LogP contribution < -0.4 is 5.32 Å². The van der Waals surface area contributed by atoms with Gasteiger partial charge >= 0.3 is 0 Å². The van der Waals surface area contributed by atoms with Crippen LogP contribution in [0.2, 0.25) is 0 Å². The van der Waals surface area contributed by atoms with Crippen LogP contribution in [-0.2, 0) is 5.75 Å². The maximum Gasteiger partial charge on any atom is 0.0991 e. The Labute approximate surface area is 131 Å². The SMILES string of the molecule is CNC(C)c1cccc(SCc2ccc(C#N)cc2C)c1. The summed E-state index contributed by atoms with van der Waals surface area (Å²) in [6.45, 7) is 4.23. The summed E-state index contributed by atoms with van der Waals surface area (Å²) in [5.41, 5.74) is 4.50.